The van der Waals surface area contributed by atoms with E-state index in [4.69, 9.17) is 9.15 Å². The van der Waals surface area contributed by atoms with Crippen molar-refractivity contribution in [3.8, 4) is 0 Å². The third-order valence-electron chi connectivity index (χ3n) is 4.25. The Balaban J connectivity index is 1.82. The average molecular weight is 280 g/mol. The van der Waals surface area contributed by atoms with Crippen LogP contribution in [0.15, 0.2) is 4.42 Å². The number of rotatable bonds is 2. The minimum absolute atomic E-state index is 0.0363. The second-order valence-electron chi connectivity index (χ2n) is 5.64. The van der Waals surface area contributed by atoms with Crippen LogP contribution in [0.1, 0.15) is 35.0 Å². The van der Waals surface area contributed by atoms with Gasteiger partial charge in [0.1, 0.15) is 0 Å². The van der Waals surface area contributed by atoms with E-state index in [0.717, 1.165) is 12.8 Å². The largest absolute Gasteiger partial charge is 0.436 e. The van der Waals surface area contributed by atoms with Crippen molar-refractivity contribution in [3.05, 3.63) is 17.3 Å². The molecule has 0 bridgehead atoms. The van der Waals surface area contributed by atoms with E-state index in [-0.39, 0.29) is 30.6 Å². The van der Waals surface area contributed by atoms with Crippen molar-refractivity contribution < 1.29 is 19.1 Å². The molecule has 0 unspecified atom stereocenters. The van der Waals surface area contributed by atoms with Crippen molar-refractivity contribution in [2.75, 3.05) is 19.8 Å². The lowest BCUT2D eigenvalue weighted by molar-refractivity contribution is -0.0458. The number of aliphatic hydroxyl groups excluding tert-OH is 1. The van der Waals surface area contributed by atoms with Gasteiger partial charge < -0.3 is 19.2 Å². The van der Waals surface area contributed by atoms with Crippen molar-refractivity contribution in [2.45, 2.75) is 38.8 Å². The van der Waals surface area contributed by atoms with E-state index in [1.807, 2.05) is 4.90 Å². The fourth-order valence-electron chi connectivity index (χ4n) is 3.31. The summed E-state index contributed by atoms with van der Waals surface area (Å²) in [6, 6.07) is 0.0400. The number of amides is 1. The lowest BCUT2D eigenvalue weighted by atomic mass is 10.1. The SMILES string of the molecule is Cc1nc(C)c(C(=O)N2CCO[C@H]3C[C@H](CO)C[C@@H]32)o1. The standard InChI is InChI=1S/C14H20N2O4/c1-8-13(20-9(2)15-8)14(18)16-3-4-19-12-6-10(7-17)5-11(12)16/h10-12,17H,3-7H2,1-2H3/t10-,11+,12+/m1/s1. The molecular weight excluding hydrogens is 260 g/mol. The number of carbonyl (C=O) groups is 1. The van der Waals surface area contributed by atoms with Gasteiger partial charge in [0.2, 0.25) is 5.76 Å². The summed E-state index contributed by atoms with van der Waals surface area (Å²) in [5, 5.41) is 9.31. The topological polar surface area (TPSA) is 75.8 Å². The summed E-state index contributed by atoms with van der Waals surface area (Å²) in [6.45, 7) is 4.78. The molecule has 1 saturated carbocycles. The van der Waals surface area contributed by atoms with E-state index < -0.39 is 0 Å². The number of hydrogen-bond donors (Lipinski definition) is 1. The van der Waals surface area contributed by atoms with Crippen LogP contribution in [0.3, 0.4) is 0 Å². The van der Waals surface area contributed by atoms with E-state index in [0.29, 0.717) is 30.5 Å². The first-order valence-corrected chi connectivity index (χ1v) is 7.07. The van der Waals surface area contributed by atoms with Crippen LogP contribution in [-0.4, -0.2) is 52.8 Å². The van der Waals surface area contributed by atoms with E-state index >= 15 is 0 Å². The van der Waals surface area contributed by atoms with Crippen molar-refractivity contribution in [1.29, 1.82) is 0 Å². The number of nitrogens with zero attached hydrogens (tertiary/aromatic N) is 2. The molecule has 0 radical (unpaired) electrons. The summed E-state index contributed by atoms with van der Waals surface area (Å²) in [5.74, 6) is 0.946. The Morgan fingerprint density at radius 2 is 2.25 bits per heavy atom. The quantitative estimate of drug-likeness (QED) is 0.871. The van der Waals surface area contributed by atoms with E-state index in [1.54, 1.807) is 13.8 Å². The van der Waals surface area contributed by atoms with Crippen LogP contribution in [0, 0.1) is 19.8 Å². The Labute approximate surface area is 117 Å². The molecular formula is C14H20N2O4. The van der Waals surface area contributed by atoms with Gasteiger partial charge in [0.05, 0.1) is 24.4 Å². The molecule has 1 aliphatic carbocycles. The Kier molecular flexibility index (Phi) is 3.52. The molecule has 0 spiro atoms. The minimum atomic E-state index is -0.111. The smallest absolute Gasteiger partial charge is 0.291 e. The van der Waals surface area contributed by atoms with Crippen LogP contribution < -0.4 is 0 Å². The molecule has 0 aromatic carbocycles. The number of aryl methyl sites for hydroxylation is 2. The van der Waals surface area contributed by atoms with Crippen LogP contribution in [0.2, 0.25) is 0 Å². The molecule has 3 atom stereocenters. The maximum atomic E-state index is 12.6. The molecule has 6 nitrogen and oxygen atoms in total. The molecule has 1 amide bonds. The number of carbonyl (C=O) groups excluding carboxylic acids is 1. The van der Waals surface area contributed by atoms with Gasteiger partial charge in [-0.05, 0) is 25.7 Å². The normalized spacial score (nSPS) is 29.6. The fraction of sp³-hybridized carbons (Fsp3) is 0.714. The number of oxazole rings is 1. The molecule has 1 aromatic heterocycles. The highest BCUT2D eigenvalue weighted by atomic mass is 16.5. The van der Waals surface area contributed by atoms with Gasteiger partial charge in [-0.15, -0.1) is 0 Å². The number of aromatic nitrogens is 1. The summed E-state index contributed by atoms with van der Waals surface area (Å²) in [5.41, 5.74) is 0.632. The van der Waals surface area contributed by atoms with Gasteiger partial charge in [-0.25, -0.2) is 4.98 Å². The van der Waals surface area contributed by atoms with E-state index in [2.05, 4.69) is 4.98 Å². The summed E-state index contributed by atoms with van der Waals surface area (Å²) in [7, 11) is 0. The van der Waals surface area contributed by atoms with Gasteiger partial charge in [0, 0.05) is 20.1 Å². The van der Waals surface area contributed by atoms with Crippen LogP contribution in [-0.2, 0) is 4.74 Å². The predicted molar refractivity (Wildman–Crippen MR) is 70.4 cm³/mol. The van der Waals surface area contributed by atoms with Crippen LogP contribution in [0.25, 0.3) is 0 Å². The van der Waals surface area contributed by atoms with Gasteiger partial charge in [-0.2, -0.15) is 0 Å². The molecule has 2 fully saturated rings. The number of ether oxygens (including phenoxy) is 1. The molecule has 110 valence electrons. The first-order valence-electron chi connectivity index (χ1n) is 7.07. The molecule has 20 heavy (non-hydrogen) atoms. The Hall–Kier alpha value is -1.40. The zero-order valence-corrected chi connectivity index (χ0v) is 11.8. The van der Waals surface area contributed by atoms with Gasteiger partial charge in [0.15, 0.2) is 5.89 Å². The number of aliphatic hydroxyl groups is 1. The molecule has 2 heterocycles. The molecule has 1 N–H and O–H groups in total. The van der Waals surface area contributed by atoms with Crippen molar-refractivity contribution in [1.82, 2.24) is 9.88 Å². The fourth-order valence-corrected chi connectivity index (χ4v) is 3.31. The average Bonchev–Trinajstić information content (AvgIpc) is 3.00. The first-order chi connectivity index (χ1) is 9.60. The predicted octanol–water partition coefficient (Wildman–Crippen LogP) is 0.903. The number of morpholine rings is 1. The third kappa shape index (κ3) is 2.23. The highest BCUT2D eigenvalue weighted by Gasteiger charge is 2.43. The van der Waals surface area contributed by atoms with E-state index in [9.17, 15) is 9.90 Å². The zero-order chi connectivity index (χ0) is 14.3. The Bertz CT molecular complexity index is 513. The summed E-state index contributed by atoms with van der Waals surface area (Å²) >= 11 is 0. The van der Waals surface area contributed by atoms with Crippen LogP contribution >= 0.6 is 0 Å². The van der Waals surface area contributed by atoms with Crippen LogP contribution in [0.4, 0.5) is 0 Å². The molecule has 6 heteroatoms. The Morgan fingerprint density at radius 3 is 2.90 bits per heavy atom. The lowest BCUT2D eigenvalue weighted by Gasteiger charge is -2.37. The summed E-state index contributed by atoms with van der Waals surface area (Å²) < 4.78 is 11.2. The second-order valence-corrected chi connectivity index (χ2v) is 5.64. The summed E-state index contributed by atoms with van der Waals surface area (Å²) in [4.78, 5) is 18.6. The Morgan fingerprint density at radius 1 is 1.45 bits per heavy atom. The number of hydrogen-bond acceptors (Lipinski definition) is 5. The van der Waals surface area contributed by atoms with Crippen molar-refractivity contribution in [2.24, 2.45) is 5.92 Å². The van der Waals surface area contributed by atoms with Crippen molar-refractivity contribution in [3.63, 3.8) is 0 Å². The maximum absolute atomic E-state index is 12.6. The molecule has 1 saturated heterocycles. The summed E-state index contributed by atoms with van der Waals surface area (Å²) in [6.07, 6.45) is 1.65. The lowest BCUT2D eigenvalue weighted by Crippen LogP contribution is -2.51. The molecule has 3 rings (SSSR count). The highest BCUT2D eigenvalue weighted by Crippen LogP contribution is 2.34. The molecule has 1 aliphatic heterocycles. The van der Waals surface area contributed by atoms with Gasteiger partial charge in [-0.3, -0.25) is 4.79 Å². The zero-order valence-electron chi connectivity index (χ0n) is 11.8. The van der Waals surface area contributed by atoms with Gasteiger partial charge in [-0.1, -0.05) is 0 Å². The van der Waals surface area contributed by atoms with Crippen LogP contribution in [0.5, 0.6) is 0 Å². The monoisotopic (exact) mass is 280 g/mol. The third-order valence-corrected chi connectivity index (χ3v) is 4.25. The van der Waals surface area contributed by atoms with Gasteiger partial charge >= 0.3 is 0 Å². The van der Waals surface area contributed by atoms with E-state index in [1.165, 1.54) is 0 Å². The minimum Gasteiger partial charge on any atom is -0.436 e. The number of fused-ring (bicyclic) bond motifs is 1. The molecule has 1 aromatic rings. The van der Waals surface area contributed by atoms with Crippen molar-refractivity contribution >= 4 is 5.91 Å². The maximum Gasteiger partial charge on any atom is 0.291 e. The van der Waals surface area contributed by atoms with Gasteiger partial charge in [0.25, 0.3) is 5.91 Å². The highest BCUT2D eigenvalue weighted by molar-refractivity contribution is 5.92. The second kappa shape index (κ2) is 5.18. The first kappa shape index (κ1) is 13.6. The molecule has 2 aliphatic rings.